The van der Waals surface area contributed by atoms with Gasteiger partial charge in [-0.15, -0.1) is 11.3 Å². The standard InChI is InChI=1S/C24H22F3N5O2S/c25-24(26,27)14-31-8-5-16(6-9-31)15-1-3-18(4-2-15)30-21-22-28-7-10-32(22)19(12-29-21)17-11-20(23(33)34)35-13-17/h1-4,7,10-13,16H,5-6,8-9,14H2,(H,29,30)(H,33,34). The van der Waals surface area contributed by atoms with Crippen LogP contribution in [0.3, 0.4) is 0 Å². The highest BCUT2D eigenvalue weighted by atomic mass is 32.1. The van der Waals surface area contributed by atoms with E-state index in [0.717, 1.165) is 33.8 Å². The molecule has 4 heterocycles. The molecular formula is C24H22F3N5O2S. The van der Waals surface area contributed by atoms with Crippen molar-refractivity contribution in [3.63, 3.8) is 0 Å². The molecule has 1 saturated heterocycles. The maximum absolute atomic E-state index is 12.6. The number of anilines is 2. The first-order valence-corrected chi connectivity index (χ1v) is 11.9. The highest BCUT2D eigenvalue weighted by Crippen LogP contribution is 2.32. The van der Waals surface area contributed by atoms with Crippen LogP contribution in [-0.4, -0.2) is 56.2 Å². The summed E-state index contributed by atoms with van der Waals surface area (Å²) in [6, 6.07) is 9.49. The quantitative estimate of drug-likeness (QED) is 0.356. The third-order valence-electron chi connectivity index (χ3n) is 6.17. The number of thiophene rings is 1. The topological polar surface area (TPSA) is 82.8 Å². The lowest BCUT2D eigenvalue weighted by Crippen LogP contribution is -2.39. The number of carboxylic acid groups (broad SMARTS) is 1. The number of halogens is 3. The van der Waals surface area contributed by atoms with Crippen LogP contribution in [0.5, 0.6) is 0 Å². The van der Waals surface area contributed by atoms with Crippen LogP contribution in [0, 0.1) is 0 Å². The molecule has 0 bridgehead atoms. The fraction of sp³-hybridized carbons (Fsp3) is 0.292. The molecule has 0 radical (unpaired) electrons. The van der Waals surface area contributed by atoms with Crippen LogP contribution in [0.15, 0.2) is 54.3 Å². The van der Waals surface area contributed by atoms with Gasteiger partial charge in [0.2, 0.25) is 0 Å². The number of fused-ring (bicyclic) bond motifs is 1. The molecule has 35 heavy (non-hydrogen) atoms. The summed E-state index contributed by atoms with van der Waals surface area (Å²) in [5.41, 5.74) is 4.02. The van der Waals surface area contributed by atoms with Gasteiger partial charge in [0.1, 0.15) is 4.88 Å². The number of aromatic nitrogens is 3. The first-order chi connectivity index (χ1) is 16.8. The number of benzene rings is 1. The minimum absolute atomic E-state index is 0.242. The Labute approximate surface area is 202 Å². The molecule has 0 spiro atoms. The first-order valence-electron chi connectivity index (χ1n) is 11.1. The summed E-state index contributed by atoms with van der Waals surface area (Å²) in [6.45, 7) is 0.0382. The number of carbonyl (C=O) groups is 1. The van der Waals surface area contributed by atoms with Gasteiger partial charge in [0.25, 0.3) is 0 Å². The van der Waals surface area contributed by atoms with E-state index in [-0.39, 0.29) is 10.8 Å². The molecule has 1 aliphatic rings. The molecule has 182 valence electrons. The number of hydrogen-bond acceptors (Lipinski definition) is 6. The van der Waals surface area contributed by atoms with Crippen LogP contribution in [0.1, 0.15) is 34.0 Å². The lowest BCUT2D eigenvalue weighted by molar-refractivity contribution is -0.147. The van der Waals surface area contributed by atoms with Crippen molar-refractivity contribution in [3.8, 4) is 11.3 Å². The lowest BCUT2D eigenvalue weighted by Gasteiger charge is -2.32. The van der Waals surface area contributed by atoms with E-state index in [0.29, 0.717) is 37.4 Å². The Morgan fingerprint density at radius 2 is 1.91 bits per heavy atom. The Hall–Kier alpha value is -3.44. The number of likely N-dealkylation sites (tertiary alicyclic amines) is 1. The van der Waals surface area contributed by atoms with Crippen LogP contribution in [0.25, 0.3) is 16.9 Å². The molecule has 1 aromatic carbocycles. The monoisotopic (exact) mass is 501 g/mol. The van der Waals surface area contributed by atoms with E-state index in [1.165, 1.54) is 4.90 Å². The molecular weight excluding hydrogens is 479 g/mol. The Kier molecular flexibility index (Phi) is 6.20. The van der Waals surface area contributed by atoms with Gasteiger partial charge in [-0.05, 0) is 55.6 Å². The molecule has 5 rings (SSSR count). The number of imidazole rings is 1. The van der Waals surface area contributed by atoms with E-state index >= 15 is 0 Å². The van der Waals surface area contributed by atoms with E-state index < -0.39 is 18.7 Å². The number of rotatable bonds is 6. The molecule has 3 aromatic heterocycles. The molecule has 0 atom stereocenters. The zero-order valence-electron chi connectivity index (χ0n) is 18.5. The average molecular weight is 502 g/mol. The van der Waals surface area contributed by atoms with E-state index in [1.807, 2.05) is 28.7 Å². The van der Waals surface area contributed by atoms with Gasteiger partial charge in [-0.3, -0.25) is 9.30 Å². The number of nitrogens with one attached hydrogen (secondary N) is 1. The number of piperidine rings is 1. The molecule has 4 aromatic rings. The SMILES string of the molecule is O=C(O)c1cc(-c2cnc(Nc3ccc(C4CCN(CC(F)(F)F)CC4)cc3)c3nccn23)cs1. The summed E-state index contributed by atoms with van der Waals surface area (Å²) in [7, 11) is 0. The first kappa shape index (κ1) is 23.3. The second-order valence-electron chi connectivity index (χ2n) is 8.53. The highest BCUT2D eigenvalue weighted by molar-refractivity contribution is 7.12. The highest BCUT2D eigenvalue weighted by Gasteiger charge is 2.32. The molecule has 2 N–H and O–H groups in total. The van der Waals surface area contributed by atoms with E-state index in [9.17, 15) is 23.1 Å². The van der Waals surface area contributed by atoms with Crippen molar-refractivity contribution in [1.29, 1.82) is 0 Å². The van der Waals surface area contributed by atoms with Crippen LogP contribution >= 0.6 is 11.3 Å². The number of carboxylic acids is 1. The third kappa shape index (κ3) is 5.15. The Morgan fingerprint density at radius 3 is 2.57 bits per heavy atom. The van der Waals surface area contributed by atoms with Crippen LogP contribution < -0.4 is 5.32 Å². The van der Waals surface area contributed by atoms with Gasteiger partial charge < -0.3 is 10.4 Å². The zero-order chi connectivity index (χ0) is 24.6. The summed E-state index contributed by atoms with van der Waals surface area (Å²) < 4.78 is 39.7. The zero-order valence-corrected chi connectivity index (χ0v) is 19.3. The van der Waals surface area contributed by atoms with Crippen molar-refractivity contribution < 1.29 is 23.1 Å². The van der Waals surface area contributed by atoms with E-state index in [4.69, 9.17) is 0 Å². The Bertz CT molecular complexity index is 1340. The molecule has 0 saturated carbocycles. The van der Waals surface area contributed by atoms with Gasteiger partial charge in [-0.2, -0.15) is 13.2 Å². The van der Waals surface area contributed by atoms with Crippen molar-refractivity contribution in [2.45, 2.75) is 24.9 Å². The number of aromatic carboxylic acids is 1. The Morgan fingerprint density at radius 1 is 1.17 bits per heavy atom. The van der Waals surface area contributed by atoms with E-state index in [1.54, 1.807) is 30.0 Å². The second kappa shape index (κ2) is 9.31. The van der Waals surface area contributed by atoms with Crippen molar-refractivity contribution >= 4 is 34.5 Å². The average Bonchev–Trinajstić information content (AvgIpc) is 3.50. The summed E-state index contributed by atoms with van der Waals surface area (Å²) in [4.78, 5) is 21.9. The predicted octanol–water partition coefficient (Wildman–Crippen LogP) is 5.64. The second-order valence-corrected chi connectivity index (χ2v) is 9.44. The molecule has 11 heteroatoms. The van der Waals surface area contributed by atoms with Crippen LogP contribution in [0.4, 0.5) is 24.7 Å². The number of nitrogens with zero attached hydrogens (tertiary/aromatic N) is 4. The van der Waals surface area contributed by atoms with Gasteiger partial charge in [-0.25, -0.2) is 14.8 Å². The van der Waals surface area contributed by atoms with Gasteiger partial charge in [0.05, 0.1) is 18.4 Å². The van der Waals surface area contributed by atoms with Crippen molar-refractivity contribution in [2.75, 3.05) is 25.0 Å². The Balaban J connectivity index is 1.29. The molecule has 0 amide bonds. The predicted molar refractivity (Wildman–Crippen MR) is 127 cm³/mol. The molecule has 1 fully saturated rings. The van der Waals surface area contributed by atoms with Crippen molar-refractivity contribution in [1.82, 2.24) is 19.3 Å². The molecule has 0 unspecified atom stereocenters. The van der Waals surface area contributed by atoms with Gasteiger partial charge in [0.15, 0.2) is 11.5 Å². The summed E-state index contributed by atoms with van der Waals surface area (Å²) in [5, 5.41) is 14.3. The summed E-state index contributed by atoms with van der Waals surface area (Å²) in [5.74, 6) is -0.170. The van der Waals surface area contributed by atoms with Crippen molar-refractivity contribution in [2.24, 2.45) is 0 Å². The van der Waals surface area contributed by atoms with Gasteiger partial charge in [0, 0.05) is 29.0 Å². The largest absolute Gasteiger partial charge is 0.477 e. The maximum atomic E-state index is 12.6. The number of hydrogen-bond donors (Lipinski definition) is 2. The maximum Gasteiger partial charge on any atom is 0.401 e. The normalized spacial score (nSPS) is 15.5. The lowest BCUT2D eigenvalue weighted by atomic mass is 9.89. The minimum Gasteiger partial charge on any atom is -0.477 e. The smallest absolute Gasteiger partial charge is 0.401 e. The van der Waals surface area contributed by atoms with E-state index in [2.05, 4.69) is 15.3 Å². The molecule has 0 aliphatic carbocycles. The van der Waals surface area contributed by atoms with Gasteiger partial charge >= 0.3 is 12.1 Å². The van der Waals surface area contributed by atoms with Crippen LogP contribution in [-0.2, 0) is 0 Å². The summed E-state index contributed by atoms with van der Waals surface area (Å²) in [6.07, 6.45) is 2.37. The minimum atomic E-state index is -4.15. The fourth-order valence-electron chi connectivity index (χ4n) is 4.46. The molecule has 7 nitrogen and oxygen atoms in total. The third-order valence-corrected chi connectivity index (χ3v) is 7.09. The van der Waals surface area contributed by atoms with Crippen molar-refractivity contribution in [3.05, 3.63) is 64.7 Å². The molecule has 1 aliphatic heterocycles. The fourth-order valence-corrected chi connectivity index (χ4v) is 5.20. The van der Waals surface area contributed by atoms with Gasteiger partial charge in [-0.1, -0.05) is 12.1 Å². The number of alkyl halides is 3. The van der Waals surface area contributed by atoms with Crippen LogP contribution in [0.2, 0.25) is 0 Å². The summed E-state index contributed by atoms with van der Waals surface area (Å²) >= 11 is 1.16.